The van der Waals surface area contributed by atoms with Crippen molar-refractivity contribution in [2.24, 2.45) is 0 Å². The van der Waals surface area contributed by atoms with E-state index in [4.69, 9.17) is 14.6 Å². The summed E-state index contributed by atoms with van der Waals surface area (Å²) >= 11 is 0. The van der Waals surface area contributed by atoms with Crippen LogP contribution in [0.15, 0.2) is 18.2 Å². The van der Waals surface area contributed by atoms with E-state index in [0.717, 1.165) is 0 Å². The van der Waals surface area contributed by atoms with Crippen molar-refractivity contribution in [1.29, 1.82) is 0 Å². The lowest BCUT2D eigenvalue weighted by Gasteiger charge is -2.32. The number of amides is 1. The Labute approximate surface area is 151 Å². The number of nitrogens with zero attached hydrogens (tertiary/aromatic N) is 1. The Morgan fingerprint density at radius 3 is 2.72 bits per heavy atom. The highest BCUT2D eigenvalue weighted by Crippen LogP contribution is 2.28. The predicted molar refractivity (Wildman–Crippen MR) is 90.9 cm³/mol. The molecule has 1 unspecified atom stereocenters. The Morgan fingerprint density at radius 2 is 2.12 bits per heavy atom. The zero-order valence-electron chi connectivity index (χ0n) is 13.6. The highest BCUT2D eigenvalue weighted by atomic mass is 35.5. The van der Waals surface area contributed by atoms with Gasteiger partial charge in [0.15, 0.2) is 11.6 Å². The van der Waals surface area contributed by atoms with E-state index in [9.17, 15) is 14.3 Å². The number of hydrogen-bond acceptors (Lipinski definition) is 6. The van der Waals surface area contributed by atoms with Crippen LogP contribution in [-0.4, -0.2) is 60.9 Å². The van der Waals surface area contributed by atoms with Crippen molar-refractivity contribution in [2.75, 3.05) is 37.7 Å². The van der Waals surface area contributed by atoms with Crippen LogP contribution in [0.3, 0.4) is 0 Å². The molecule has 1 atom stereocenters. The summed E-state index contributed by atoms with van der Waals surface area (Å²) in [6.07, 6.45) is -0.124. The summed E-state index contributed by atoms with van der Waals surface area (Å²) in [5.74, 6) is -0.595. The maximum absolute atomic E-state index is 14.2. The van der Waals surface area contributed by atoms with Gasteiger partial charge < -0.3 is 25.0 Å². The SMILES string of the molecule is Cl.O=C1OC(CO)CN1c1ccc(OCC2(O)CCNCC2)c(F)c1. The van der Waals surface area contributed by atoms with Gasteiger partial charge in [0.1, 0.15) is 18.3 Å². The van der Waals surface area contributed by atoms with Crippen LogP contribution in [0, 0.1) is 5.82 Å². The first-order valence-corrected chi connectivity index (χ1v) is 7.95. The maximum Gasteiger partial charge on any atom is 0.414 e. The van der Waals surface area contributed by atoms with Gasteiger partial charge in [0.05, 0.1) is 18.8 Å². The average Bonchev–Trinajstić information content (AvgIpc) is 2.95. The average molecular weight is 377 g/mol. The van der Waals surface area contributed by atoms with E-state index >= 15 is 0 Å². The zero-order chi connectivity index (χ0) is 17.2. The van der Waals surface area contributed by atoms with Gasteiger partial charge in [0.2, 0.25) is 0 Å². The lowest BCUT2D eigenvalue weighted by atomic mass is 9.93. The third-order valence-electron chi connectivity index (χ3n) is 4.34. The molecule has 0 saturated carbocycles. The Balaban J connectivity index is 0.00000225. The maximum atomic E-state index is 14.2. The van der Waals surface area contributed by atoms with E-state index in [1.165, 1.54) is 17.0 Å². The summed E-state index contributed by atoms with van der Waals surface area (Å²) in [7, 11) is 0. The molecule has 2 aliphatic heterocycles. The van der Waals surface area contributed by atoms with Gasteiger partial charge in [0, 0.05) is 6.07 Å². The van der Waals surface area contributed by atoms with Gasteiger partial charge in [-0.2, -0.15) is 0 Å². The fourth-order valence-corrected chi connectivity index (χ4v) is 2.85. The van der Waals surface area contributed by atoms with E-state index in [1.54, 1.807) is 6.07 Å². The summed E-state index contributed by atoms with van der Waals surface area (Å²) in [6, 6.07) is 4.16. The molecule has 140 valence electrons. The fourth-order valence-electron chi connectivity index (χ4n) is 2.85. The smallest absolute Gasteiger partial charge is 0.414 e. The molecular weight excluding hydrogens is 355 g/mol. The van der Waals surface area contributed by atoms with Crippen LogP contribution in [0.5, 0.6) is 5.75 Å². The number of halogens is 2. The van der Waals surface area contributed by atoms with Crippen molar-refractivity contribution in [1.82, 2.24) is 5.32 Å². The van der Waals surface area contributed by atoms with Gasteiger partial charge in [-0.25, -0.2) is 9.18 Å². The minimum absolute atomic E-state index is 0. The summed E-state index contributed by atoms with van der Waals surface area (Å²) < 4.78 is 24.6. The van der Waals surface area contributed by atoms with E-state index in [1.807, 2.05) is 0 Å². The normalized spacial score (nSPS) is 22.3. The molecule has 7 nitrogen and oxygen atoms in total. The second kappa shape index (κ2) is 8.18. The molecule has 2 aliphatic rings. The van der Waals surface area contributed by atoms with Gasteiger partial charge in [-0.15, -0.1) is 12.4 Å². The first-order chi connectivity index (χ1) is 11.5. The Hall–Kier alpha value is -1.61. The van der Waals surface area contributed by atoms with Crippen LogP contribution in [0.25, 0.3) is 0 Å². The number of aliphatic hydroxyl groups excluding tert-OH is 1. The van der Waals surface area contributed by atoms with Crippen LogP contribution in [0.1, 0.15) is 12.8 Å². The van der Waals surface area contributed by atoms with Crippen molar-refractivity contribution in [3.63, 3.8) is 0 Å². The number of rotatable bonds is 5. The number of carbonyl (C=O) groups excluding carboxylic acids is 1. The van der Waals surface area contributed by atoms with Crippen LogP contribution in [-0.2, 0) is 4.74 Å². The van der Waals surface area contributed by atoms with Crippen molar-refractivity contribution in [3.05, 3.63) is 24.0 Å². The number of nitrogens with one attached hydrogen (secondary N) is 1. The van der Waals surface area contributed by atoms with E-state index < -0.39 is 23.6 Å². The molecule has 9 heteroatoms. The first kappa shape index (κ1) is 19.7. The van der Waals surface area contributed by atoms with Crippen LogP contribution in [0.2, 0.25) is 0 Å². The molecule has 0 bridgehead atoms. The van der Waals surface area contributed by atoms with Crippen molar-refractivity contribution in [2.45, 2.75) is 24.5 Å². The Bertz CT molecular complexity index is 612. The Kier molecular flexibility index (Phi) is 6.45. The van der Waals surface area contributed by atoms with Crippen LogP contribution in [0.4, 0.5) is 14.9 Å². The first-order valence-electron chi connectivity index (χ1n) is 7.95. The molecule has 0 aromatic heterocycles. The minimum Gasteiger partial charge on any atom is -0.488 e. The lowest BCUT2D eigenvalue weighted by Crippen LogP contribution is -2.46. The highest BCUT2D eigenvalue weighted by molar-refractivity contribution is 5.89. The second-order valence-corrected chi connectivity index (χ2v) is 6.18. The molecule has 2 heterocycles. The number of hydrogen-bond donors (Lipinski definition) is 3. The molecule has 25 heavy (non-hydrogen) atoms. The second-order valence-electron chi connectivity index (χ2n) is 6.18. The molecule has 1 aromatic rings. The highest BCUT2D eigenvalue weighted by Gasteiger charge is 2.33. The van der Waals surface area contributed by atoms with Crippen molar-refractivity contribution in [3.8, 4) is 5.75 Å². The molecular formula is C16H22ClFN2O5. The quantitative estimate of drug-likeness (QED) is 0.711. The molecule has 1 aromatic carbocycles. The molecule has 3 rings (SSSR count). The van der Waals surface area contributed by atoms with E-state index in [0.29, 0.717) is 31.6 Å². The topological polar surface area (TPSA) is 91.3 Å². The molecule has 0 radical (unpaired) electrons. The van der Waals surface area contributed by atoms with E-state index in [-0.39, 0.29) is 37.9 Å². The van der Waals surface area contributed by atoms with Gasteiger partial charge in [-0.3, -0.25) is 4.90 Å². The number of anilines is 1. The van der Waals surface area contributed by atoms with Crippen molar-refractivity contribution >= 4 is 24.2 Å². The van der Waals surface area contributed by atoms with Crippen LogP contribution >= 0.6 is 12.4 Å². The number of carbonyl (C=O) groups is 1. The number of benzene rings is 1. The van der Waals surface area contributed by atoms with E-state index in [2.05, 4.69) is 5.32 Å². The number of piperidine rings is 1. The van der Waals surface area contributed by atoms with Gasteiger partial charge >= 0.3 is 6.09 Å². The molecule has 3 N–H and O–H groups in total. The lowest BCUT2D eigenvalue weighted by molar-refractivity contribution is -0.0294. The number of aliphatic hydroxyl groups is 2. The standard InChI is InChI=1S/C16H21FN2O5.ClH/c17-13-7-11(19-8-12(9-20)24-15(19)21)1-2-14(13)23-10-16(22)3-5-18-6-4-16;/h1-2,7,12,18,20,22H,3-6,8-10H2;1H. The Morgan fingerprint density at radius 1 is 1.40 bits per heavy atom. The predicted octanol–water partition coefficient (Wildman–Crippen LogP) is 1.06. The number of ether oxygens (including phenoxy) is 2. The minimum atomic E-state index is -0.955. The fraction of sp³-hybridized carbons (Fsp3) is 0.562. The summed E-state index contributed by atoms with van der Waals surface area (Å²) in [5, 5.41) is 22.5. The molecule has 0 aliphatic carbocycles. The third kappa shape index (κ3) is 4.52. The number of cyclic esters (lactones) is 1. The zero-order valence-corrected chi connectivity index (χ0v) is 14.4. The molecule has 1 amide bonds. The summed E-state index contributed by atoms with van der Waals surface area (Å²) in [6.45, 7) is 1.30. The largest absolute Gasteiger partial charge is 0.488 e. The summed E-state index contributed by atoms with van der Waals surface area (Å²) in [5.41, 5.74) is -0.620. The van der Waals surface area contributed by atoms with Gasteiger partial charge in [0.25, 0.3) is 0 Å². The molecule has 2 saturated heterocycles. The van der Waals surface area contributed by atoms with Crippen molar-refractivity contribution < 1.29 is 28.9 Å². The third-order valence-corrected chi connectivity index (χ3v) is 4.34. The molecule has 0 spiro atoms. The summed E-state index contributed by atoms with van der Waals surface area (Å²) in [4.78, 5) is 13.0. The monoisotopic (exact) mass is 376 g/mol. The van der Waals surface area contributed by atoms with Crippen LogP contribution < -0.4 is 15.0 Å². The van der Waals surface area contributed by atoms with Gasteiger partial charge in [-0.05, 0) is 38.1 Å². The molecule has 2 fully saturated rings. The van der Waals surface area contributed by atoms with Gasteiger partial charge in [-0.1, -0.05) is 0 Å².